The number of nitrogens with one attached hydrogen (secondary N) is 2. The number of aromatic nitrogens is 4. The number of hydrogen-bond donors (Lipinski definition) is 2. The van der Waals surface area contributed by atoms with Gasteiger partial charge in [0.05, 0.1) is 13.2 Å². The SMILES string of the molecule is CCOC(=O)CCCc1ccc(Cn2ncnc2C2CC2)cc1NC(=O)C(C)n1cc(C)c2ccc(C(=O)NC)cc21. The normalized spacial score (nSPS) is 13.6. The van der Waals surface area contributed by atoms with Crippen LogP contribution in [0.2, 0.25) is 0 Å². The lowest BCUT2D eigenvalue weighted by molar-refractivity contribution is -0.143. The third-order valence-electron chi connectivity index (χ3n) is 7.80. The molecule has 0 radical (unpaired) electrons. The molecule has 5 rings (SSSR count). The van der Waals surface area contributed by atoms with Gasteiger partial charge >= 0.3 is 5.97 Å². The smallest absolute Gasteiger partial charge is 0.305 e. The molecule has 220 valence electrons. The van der Waals surface area contributed by atoms with Crippen molar-refractivity contribution in [3.8, 4) is 0 Å². The van der Waals surface area contributed by atoms with E-state index in [-0.39, 0.29) is 17.8 Å². The largest absolute Gasteiger partial charge is 0.466 e. The fraction of sp³-hybridized carbons (Fsp3) is 0.406. The number of rotatable bonds is 12. The first-order chi connectivity index (χ1) is 20.3. The summed E-state index contributed by atoms with van der Waals surface area (Å²) >= 11 is 0. The molecule has 1 saturated carbocycles. The van der Waals surface area contributed by atoms with E-state index in [9.17, 15) is 14.4 Å². The Morgan fingerprint density at radius 3 is 2.69 bits per heavy atom. The number of benzene rings is 2. The number of ether oxygens (including phenoxy) is 1. The zero-order chi connectivity index (χ0) is 29.8. The number of anilines is 1. The molecule has 2 N–H and O–H groups in total. The molecule has 0 bridgehead atoms. The number of amides is 2. The van der Waals surface area contributed by atoms with Gasteiger partial charge in [0.15, 0.2) is 0 Å². The maximum Gasteiger partial charge on any atom is 0.305 e. The zero-order valence-electron chi connectivity index (χ0n) is 24.6. The summed E-state index contributed by atoms with van der Waals surface area (Å²) in [5.41, 5.74) is 5.03. The average Bonchev–Trinajstić information content (AvgIpc) is 3.64. The van der Waals surface area contributed by atoms with Crippen LogP contribution in [0.25, 0.3) is 10.9 Å². The second-order valence-electron chi connectivity index (χ2n) is 10.9. The lowest BCUT2D eigenvalue weighted by Gasteiger charge is -2.19. The van der Waals surface area contributed by atoms with Crippen molar-refractivity contribution >= 4 is 34.4 Å². The molecule has 2 aromatic heterocycles. The molecule has 0 spiro atoms. The van der Waals surface area contributed by atoms with E-state index in [0.29, 0.717) is 49.6 Å². The third-order valence-corrected chi connectivity index (χ3v) is 7.80. The summed E-state index contributed by atoms with van der Waals surface area (Å²) in [6.45, 7) is 6.55. The molecule has 1 aliphatic carbocycles. The van der Waals surface area contributed by atoms with E-state index >= 15 is 0 Å². The van der Waals surface area contributed by atoms with E-state index in [2.05, 4.69) is 20.7 Å². The second-order valence-corrected chi connectivity index (χ2v) is 10.9. The molecule has 10 nitrogen and oxygen atoms in total. The minimum Gasteiger partial charge on any atom is -0.466 e. The predicted octanol–water partition coefficient (Wildman–Crippen LogP) is 4.91. The van der Waals surface area contributed by atoms with Gasteiger partial charge in [0.25, 0.3) is 5.91 Å². The number of hydrogen-bond acceptors (Lipinski definition) is 6. The highest BCUT2D eigenvalue weighted by atomic mass is 16.5. The van der Waals surface area contributed by atoms with E-state index in [1.165, 1.54) is 0 Å². The average molecular weight is 571 g/mol. The van der Waals surface area contributed by atoms with Crippen LogP contribution in [0, 0.1) is 6.92 Å². The first kappa shape index (κ1) is 29.0. The Kier molecular flexibility index (Phi) is 8.70. The molecule has 2 heterocycles. The highest BCUT2D eigenvalue weighted by Gasteiger charge is 2.28. The van der Waals surface area contributed by atoms with Crippen LogP contribution in [0.4, 0.5) is 5.69 Å². The third kappa shape index (κ3) is 6.37. The van der Waals surface area contributed by atoms with Gasteiger partial charge < -0.3 is 19.9 Å². The number of aryl methyl sites for hydroxylation is 2. The molecule has 10 heteroatoms. The Morgan fingerprint density at radius 1 is 1.14 bits per heavy atom. The van der Waals surface area contributed by atoms with E-state index in [0.717, 1.165) is 46.3 Å². The monoisotopic (exact) mass is 570 g/mol. The number of fused-ring (bicyclic) bond motifs is 1. The van der Waals surface area contributed by atoms with Crippen molar-refractivity contribution in [1.29, 1.82) is 0 Å². The molecule has 0 saturated heterocycles. The van der Waals surface area contributed by atoms with E-state index < -0.39 is 6.04 Å². The van der Waals surface area contributed by atoms with Gasteiger partial charge in [-0.15, -0.1) is 0 Å². The number of carbonyl (C=O) groups excluding carboxylic acids is 3. The van der Waals surface area contributed by atoms with Crippen molar-refractivity contribution in [1.82, 2.24) is 24.6 Å². The summed E-state index contributed by atoms with van der Waals surface area (Å²) in [6.07, 6.45) is 7.34. The number of carbonyl (C=O) groups is 3. The van der Waals surface area contributed by atoms with Crippen LogP contribution in [0.3, 0.4) is 0 Å². The van der Waals surface area contributed by atoms with Crippen LogP contribution >= 0.6 is 0 Å². The maximum atomic E-state index is 13.7. The van der Waals surface area contributed by atoms with Gasteiger partial charge in [-0.25, -0.2) is 9.67 Å². The Bertz CT molecular complexity index is 1620. The lowest BCUT2D eigenvalue weighted by atomic mass is 10.0. The highest BCUT2D eigenvalue weighted by Crippen LogP contribution is 2.38. The fourth-order valence-electron chi connectivity index (χ4n) is 5.33. The van der Waals surface area contributed by atoms with Gasteiger partial charge in [0.1, 0.15) is 18.2 Å². The summed E-state index contributed by atoms with van der Waals surface area (Å²) in [5, 5.41) is 11.2. The van der Waals surface area contributed by atoms with Crippen LogP contribution in [0.15, 0.2) is 48.9 Å². The van der Waals surface area contributed by atoms with Gasteiger partial charge in [0.2, 0.25) is 5.91 Å². The van der Waals surface area contributed by atoms with Crippen molar-refractivity contribution in [2.24, 2.45) is 0 Å². The first-order valence-corrected chi connectivity index (χ1v) is 14.6. The summed E-state index contributed by atoms with van der Waals surface area (Å²) in [7, 11) is 1.60. The van der Waals surface area contributed by atoms with Gasteiger partial charge in [-0.3, -0.25) is 14.4 Å². The summed E-state index contributed by atoms with van der Waals surface area (Å²) in [6, 6.07) is 11.0. The maximum absolute atomic E-state index is 13.7. The van der Waals surface area contributed by atoms with Crippen molar-refractivity contribution in [3.63, 3.8) is 0 Å². The molecule has 2 aromatic carbocycles. The van der Waals surface area contributed by atoms with E-state index in [1.807, 2.05) is 59.6 Å². The molecule has 4 aromatic rings. The van der Waals surface area contributed by atoms with E-state index in [4.69, 9.17) is 4.74 Å². The minimum absolute atomic E-state index is 0.180. The van der Waals surface area contributed by atoms with Gasteiger partial charge in [-0.2, -0.15) is 5.10 Å². The van der Waals surface area contributed by atoms with E-state index in [1.54, 1.807) is 26.4 Å². The molecule has 2 amide bonds. The van der Waals surface area contributed by atoms with Crippen LogP contribution < -0.4 is 10.6 Å². The molecule has 1 aliphatic rings. The quantitative estimate of drug-likeness (QED) is 0.234. The summed E-state index contributed by atoms with van der Waals surface area (Å²) in [4.78, 5) is 42.4. The van der Waals surface area contributed by atoms with Crippen LogP contribution in [0.5, 0.6) is 0 Å². The lowest BCUT2D eigenvalue weighted by Crippen LogP contribution is -2.24. The molecule has 1 atom stereocenters. The predicted molar refractivity (Wildman–Crippen MR) is 161 cm³/mol. The molecule has 42 heavy (non-hydrogen) atoms. The summed E-state index contributed by atoms with van der Waals surface area (Å²) < 4.78 is 8.93. The Labute approximate surface area is 245 Å². The Balaban J connectivity index is 1.40. The van der Waals surface area contributed by atoms with Gasteiger partial charge in [-0.1, -0.05) is 18.2 Å². The molecular weight excluding hydrogens is 532 g/mol. The fourth-order valence-corrected chi connectivity index (χ4v) is 5.33. The second kappa shape index (κ2) is 12.6. The summed E-state index contributed by atoms with van der Waals surface area (Å²) in [5.74, 6) is 0.886. The molecule has 1 fully saturated rings. The van der Waals surface area contributed by atoms with Gasteiger partial charge in [-0.05, 0) is 81.3 Å². The van der Waals surface area contributed by atoms with Crippen molar-refractivity contribution in [3.05, 3.63) is 77.0 Å². The minimum atomic E-state index is -0.547. The van der Waals surface area contributed by atoms with Crippen LogP contribution in [-0.4, -0.2) is 50.8 Å². The molecule has 1 unspecified atom stereocenters. The molecular formula is C32H38N6O4. The van der Waals surface area contributed by atoms with Crippen molar-refractivity contribution in [2.45, 2.75) is 71.4 Å². The van der Waals surface area contributed by atoms with Crippen molar-refractivity contribution in [2.75, 3.05) is 19.0 Å². The zero-order valence-corrected chi connectivity index (χ0v) is 24.6. The topological polar surface area (TPSA) is 120 Å². The number of nitrogens with zero attached hydrogens (tertiary/aromatic N) is 4. The van der Waals surface area contributed by atoms with Crippen LogP contribution in [0.1, 0.15) is 84.4 Å². The molecule has 0 aliphatic heterocycles. The van der Waals surface area contributed by atoms with Crippen molar-refractivity contribution < 1.29 is 19.1 Å². The van der Waals surface area contributed by atoms with Gasteiger partial charge in [0, 0.05) is 47.7 Å². The Morgan fingerprint density at radius 2 is 1.95 bits per heavy atom. The number of esters is 1. The Hall–Kier alpha value is -4.47. The first-order valence-electron chi connectivity index (χ1n) is 14.6. The highest BCUT2D eigenvalue weighted by molar-refractivity contribution is 6.00. The standard InChI is InChI=1S/C32H38N6O4/c1-5-42-29(39)8-6-7-23-10-9-22(18-38-30(24-11-12-24)34-19-35-38)15-27(23)36-31(40)21(3)37-17-20(2)26-14-13-25(16-28(26)37)32(41)33-4/h9-10,13-17,19,21,24H,5-8,11-12,18H2,1-4H3,(H,33,41)(H,36,40). The van der Waals surface area contributed by atoms with Crippen LogP contribution in [-0.2, 0) is 27.3 Å².